The molecule has 0 aromatic carbocycles. The van der Waals surface area contributed by atoms with E-state index in [0.29, 0.717) is 18.0 Å². The van der Waals surface area contributed by atoms with Crippen molar-refractivity contribution in [3.05, 3.63) is 4.88 Å². The van der Waals surface area contributed by atoms with Gasteiger partial charge in [0.2, 0.25) is 0 Å². The summed E-state index contributed by atoms with van der Waals surface area (Å²) in [6.45, 7) is 6.13. The van der Waals surface area contributed by atoms with Crippen LogP contribution in [0.5, 0.6) is 0 Å². The molecule has 1 saturated heterocycles. The van der Waals surface area contributed by atoms with Crippen LogP contribution in [0, 0.1) is 0 Å². The molecule has 2 rings (SSSR count). The number of hydrogen-bond acceptors (Lipinski definition) is 7. The summed E-state index contributed by atoms with van der Waals surface area (Å²) in [5.41, 5.74) is 5.80. The fraction of sp³-hybridized carbons (Fsp3) is 0.692. The maximum Gasteiger partial charge on any atom is 0.265 e. The summed E-state index contributed by atoms with van der Waals surface area (Å²) in [7, 11) is 3.74. The zero-order valence-electron chi connectivity index (χ0n) is 12.8. The number of thiazole rings is 1. The van der Waals surface area contributed by atoms with E-state index in [9.17, 15) is 4.79 Å². The van der Waals surface area contributed by atoms with Crippen LogP contribution in [-0.2, 0) is 4.74 Å². The Kier molecular flexibility index (Phi) is 5.38. The lowest BCUT2D eigenvalue weighted by Crippen LogP contribution is -2.47. The quantitative estimate of drug-likeness (QED) is 0.810. The lowest BCUT2D eigenvalue weighted by atomic mass is 10.2. The minimum atomic E-state index is -0.185. The Balaban J connectivity index is 1.89. The second-order valence-corrected chi connectivity index (χ2v) is 6.18. The van der Waals surface area contributed by atoms with E-state index in [1.54, 1.807) is 0 Å². The first kappa shape index (κ1) is 16.0. The van der Waals surface area contributed by atoms with Crippen molar-refractivity contribution in [2.24, 2.45) is 0 Å². The number of hydrogen-bond donors (Lipinski definition) is 2. The number of nitrogen functional groups attached to an aromatic ring is 1. The van der Waals surface area contributed by atoms with Gasteiger partial charge in [-0.2, -0.15) is 0 Å². The number of carbonyl (C=O) groups excluding carboxylic acids is 1. The molecule has 2 heterocycles. The predicted octanol–water partition coefficient (Wildman–Crippen LogP) is 0.242. The Morgan fingerprint density at radius 3 is 3.00 bits per heavy atom. The topological polar surface area (TPSA) is 83.7 Å². The van der Waals surface area contributed by atoms with Crippen molar-refractivity contribution in [3.63, 3.8) is 0 Å². The van der Waals surface area contributed by atoms with Gasteiger partial charge >= 0.3 is 0 Å². The Labute approximate surface area is 129 Å². The van der Waals surface area contributed by atoms with Crippen molar-refractivity contribution >= 4 is 28.2 Å². The molecular weight excluding hydrogens is 290 g/mol. The molecule has 118 valence electrons. The monoisotopic (exact) mass is 313 g/mol. The predicted molar refractivity (Wildman–Crippen MR) is 85.0 cm³/mol. The molecule has 0 aliphatic carbocycles. The molecule has 1 aliphatic rings. The van der Waals surface area contributed by atoms with Gasteiger partial charge in [-0.1, -0.05) is 18.3 Å². The van der Waals surface area contributed by atoms with E-state index in [2.05, 4.69) is 22.1 Å². The molecule has 8 heteroatoms. The van der Waals surface area contributed by atoms with E-state index in [4.69, 9.17) is 10.5 Å². The van der Waals surface area contributed by atoms with E-state index in [1.807, 2.05) is 19.0 Å². The van der Waals surface area contributed by atoms with Gasteiger partial charge < -0.3 is 20.7 Å². The van der Waals surface area contributed by atoms with E-state index in [-0.39, 0.29) is 17.8 Å². The van der Waals surface area contributed by atoms with Crippen LogP contribution in [0.25, 0.3) is 0 Å². The molecule has 1 unspecified atom stereocenters. The summed E-state index contributed by atoms with van der Waals surface area (Å²) in [4.78, 5) is 21.0. The van der Waals surface area contributed by atoms with Crippen LogP contribution in [-0.4, -0.2) is 68.8 Å². The van der Waals surface area contributed by atoms with Crippen LogP contribution in [0.4, 0.5) is 10.9 Å². The molecule has 1 aromatic rings. The van der Waals surface area contributed by atoms with Crippen LogP contribution in [0.3, 0.4) is 0 Å². The molecule has 0 saturated carbocycles. The normalized spacial score (nSPS) is 19.5. The van der Waals surface area contributed by atoms with E-state index < -0.39 is 0 Å². The molecule has 21 heavy (non-hydrogen) atoms. The standard InChI is InChI=1S/C13H23N5O2S/c1-4-18-5-6-20-9(8-18)7-15-12(19)10-11(14)16-13(21-10)17(2)3/h9H,4-8,14H2,1-3H3,(H,15,19). The summed E-state index contributed by atoms with van der Waals surface area (Å²) in [6, 6.07) is 0. The van der Waals surface area contributed by atoms with Gasteiger partial charge in [-0.3, -0.25) is 9.69 Å². The van der Waals surface area contributed by atoms with Crippen LogP contribution >= 0.6 is 11.3 Å². The number of nitrogens with zero attached hydrogens (tertiary/aromatic N) is 3. The second-order valence-electron chi connectivity index (χ2n) is 5.20. The lowest BCUT2D eigenvalue weighted by molar-refractivity contribution is -0.0245. The highest BCUT2D eigenvalue weighted by molar-refractivity contribution is 7.18. The molecule has 0 radical (unpaired) electrons. The maximum atomic E-state index is 12.2. The molecule has 1 aliphatic heterocycles. The first-order chi connectivity index (χ1) is 10.0. The van der Waals surface area contributed by atoms with Crippen LogP contribution in [0.15, 0.2) is 0 Å². The van der Waals surface area contributed by atoms with Crippen LogP contribution in [0.1, 0.15) is 16.6 Å². The van der Waals surface area contributed by atoms with Gasteiger partial charge in [0.15, 0.2) is 5.13 Å². The van der Waals surface area contributed by atoms with E-state index in [1.165, 1.54) is 11.3 Å². The molecule has 7 nitrogen and oxygen atoms in total. The summed E-state index contributed by atoms with van der Waals surface area (Å²) in [5, 5.41) is 3.61. The molecule has 1 amide bonds. The Morgan fingerprint density at radius 2 is 2.38 bits per heavy atom. The second kappa shape index (κ2) is 7.06. The number of nitrogens with one attached hydrogen (secondary N) is 1. The first-order valence-corrected chi connectivity index (χ1v) is 7.88. The van der Waals surface area contributed by atoms with Crippen LogP contribution < -0.4 is 16.0 Å². The van der Waals surface area contributed by atoms with Gasteiger partial charge in [0.25, 0.3) is 5.91 Å². The molecule has 0 bridgehead atoms. The minimum absolute atomic E-state index is 0.0325. The summed E-state index contributed by atoms with van der Waals surface area (Å²) in [5.74, 6) is 0.0938. The number of likely N-dealkylation sites (N-methyl/N-ethyl adjacent to an activating group) is 1. The van der Waals surface area contributed by atoms with Crippen molar-refractivity contribution < 1.29 is 9.53 Å². The van der Waals surface area contributed by atoms with Crippen molar-refractivity contribution in [2.75, 3.05) is 57.5 Å². The highest BCUT2D eigenvalue weighted by Crippen LogP contribution is 2.26. The number of amides is 1. The van der Waals surface area contributed by atoms with Gasteiger partial charge in [0.1, 0.15) is 10.7 Å². The van der Waals surface area contributed by atoms with Gasteiger partial charge in [-0.15, -0.1) is 0 Å². The zero-order valence-corrected chi connectivity index (χ0v) is 13.6. The molecule has 3 N–H and O–H groups in total. The minimum Gasteiger partial charge on any atom is -0.382 e. The maximum absolute atomic E-state index is 12.2. The number of rotatable bonds is 5. The lowest BCUT2D eigenvalue weighted by Gasteiger charge is -2.32. The smallest absolute Gasteiger partial charge is 0.265 e. The van der Waals surface area contributed by atoms with Gasteiger partial charge in [0.05, 0.1) is 12.7 Å². The number of nitrogens with two attached hydrogens (primary N) is 1. The number of ether oxygens (including phenoxy) is 1. The molecule has 1 fully saturated rings. The van der Waals surface area contributed by atoms with E-state index in [0.717, 1.165) is 24.8 Å². The summed E-state index contributed by atoms with van der Waals surface area (Å²) < 4.78 is 5.66. The van der Waals surface area contributed by atoms with Crippen molar-refractivity contribution in [1.82, 2.24) is 15.2 Å². The highest BCUT2D eigenvalue weighted by Gasteiger charge is 2.22. The zero-order chi connectivity index (χ0) is 15.4. The first-order valence-electron chi connectivity index (χ1n) is 7.07. The molecule has 0 spiro atoms. The average molecular weight is 313 g/mol. The largest absolute Gasteiger partial charge is 0.382 e. The summed E-state index contributed by atoms with van der Waals surface area (Å²) in [6.07, 6.45) is 0.0325. The number of anilines is 2. The fourth-order valence-electron chi connectivity index (χ4n) is 2.15. The third-order valence-electron chi connectivity index (χ3n) is 3.39. The molecule has 1 atom stereocenters. The van der Waals surface area contributed by atoms with Crippen molar-refractivity contribution in [3.8, 4) is 0 Å². The third kappa shape index (κ3) is 4.05. The number of carbonyl (C=O) groups is 1. The SMILES string of the molecule is CCN1CCOC(CNC(=O)c2sc(N(C)C)nc2N)C1. The van der Waals surface area contributed by atoms with Crippen molar-refractivity contribution in [1.29, 1.82) is 0 Å². The van der Waals surface area contributed by atoms with Gasteiger partial charge in [-0.25, -0.2) is 4.98 Å². The van der Waals surface area contributed by atoms with Crippen molar-refractivity contribution in [2.45, 2.75) is 13.0 Å². The number of aromatic nitrogens is 1. The van der Waals surface area contributed by atoms with E-state index >= 15 is 0 Å². The third-order valence-corrected chi connectivity index (χ3v) is 4.63. The highest BCUT2D eigenvalue weighted by atomic mass is 32.1. The molecular formula is C13H23N5O2S. The Morgan fingerprint density at radius 1 is 1.62 bits per heavy atom. The Hall–Kier alpha value is -1.38. The molecule has 1 aromatic heterocycles. The average Bonchev–Trinajstić information content (AvgIpc) is 2.87. The fourth-order valence-corrected chi connectivity index (χ4v) is 2.98. The van der Waals surface area contributed by atoms with Crippen LogP contribution in [0.2, 0.25) is 0 Å². The summed E-state index contributed by atoms with van der Waals surface area (Å²) >= 11 is 1.29. The number of morpholine rings is 1. The van der Waals surface area contributed by atoms with Gasteiger partial charge in [-0.05, 0) is 6.54 Å². The van der Waals surface area contributed by atoms with Gasteiger partial charge in [0, 0.05) is 33.7 Å². The Bertz CT molecular complexity index is 491.